The molecule has 7 rings (SSSR count). The van der Waals surface area contributed by atoms with E-state index in [2.05, 4.69) is 56.4 Å². The number of phenolic OH excluding ortho intramolecular Hbond substituents is 1. The van der Waals surface area contributed by atoms with Gasteiger partial charge in [0.05, 0.1) is 36.8 Å². The predicted octanol–water partition coefficient (Wildman–Crippen LogP) is 8.99. The molecule has 9 heteroatoms. The van der Waals surface area contributed by atoms with Crippen molar-refractivity contribution in [1.29, 1.82) is 0 Å². The van der Waals surface area contributed by atoms with E-state index in [1.807, 2.05) is 112 Å². The van der Waals surface area contributed by atoms with Gasteiger partial charge in [0.25, 0.3) is 8.32 Å². The number of para-hydroxylation sites is 1. The molecule has 5 aromatic rings. The number of amides is 2. The summed E-state index contributed by atoms with van der Waals surface area (Å²) in [5.41, 5.74) is 7.14. The van der Waals surface area contributed by atoms with E-state index in [9.17, 15) is 24.9 Å². The average Bonchev–Trinajstić information content (AvgIpc) is 3.50. The van der Waals surface area contributed by atoms with Crippen molar-refractivity contribution < 1.29 is 29.3 Å². The molecule has 4 atom stereocenters. The Bertz CT molecular complexity index is 2350. The van der Waals surface area contributed by atoms with Crippen LogP contribution < -0.4 is 20.6 Å². The molecule has 0 bridgehead atoms. The molecule has 1 aliphatic carbocycles. The first-order valence-corrected chi connectivity index (χ1v) is 23.2. The molecule has 2 aliphatic rings. The zero-order valence-electron chi connectivity index (χ0n) is 36.1. The van der Waals surface area contributed by atoms with Crippen LogP contribution in [0.5, 0.6) is 5.75 Å². The van der Waals surface area contributed by atoms with Gasteiger partial charge in [0.2, 0.25) is 11.8 Å². The molecule has 61 heavy (non-hydrogen) atoms. The summed E-state index contributed by atoms with van der Waals surface area (Å²) in [5, 5.41) is 39.2. The number of phenols is 1. The molecular weight excluding hydrogens is 777 g/mol. The summed E-state index contributed by atoms with van der Waals surface area (Å²) < 4.78 is 7.44. The number of aromatic hydroxyl groups is 1. The molecule has 1 saturated heterocycles. The number of aliphatic hydroxyl groups is 2. The monoisotopic (exact) mass is 834 g/mol. The Morgan fingerprint density at radius 2 is 1.38 bits per heavy atom. The van der Waals surface area contributed by atoms with Crippen molar-refractivity contribution in [2.45, 2.75) is 71.9 Å². The van der Waals surface area contributed by atoms with Gasteiger partial charge in [-0.05, 0) is 132 Å². The van der Waals surface area contributed by atoms with E-state index in [0.29, 0.717) is 24.1 Å². The number of nitrogens with zero attached hydrogens (tertiary/aromatic N) is 1. The Balaban J connectivity index is 1.25. The highest BCUT2D eigenvalue weighted by Crippen LogP contribution is 2.48. The van der Waals surface area contributed by atoms with Crippen molar-refractivity contribution in [3.8, 4) is 5.75 Å². The number of nitrogens with one attached hydrogen (secondary N) is 1. The van der Waals surface area contributed by atoms with E-state index >= 15 is 0 Å². The van der Waals surface area contributed by atoms with Gasteiger partial charge in [-0.1, -0.05) is 111 Å². The Morgan fingerprint density at radius 1 is 0.836 bits per heavy atom. The number of anilines is 3. The lowest BCUT2D eigenvalue weighted by atomic mass is 9.68. The van der Waals surface area contributed by atoms with E-state index < -0.39 is 38.8 Å². The van der Waals surface area contributed by atoms with Crippen LogP contribution in [0.3, 0.4) is 0 Å². The number of fused-ring (bicyclic) bond motifs is 1. The summed E-state index contributed by atoms with van der Waals surface area (Å²) in [6, 6.07) is 41.6. The highest BCUT2D eigenvalue weighted by atomic mass is 28.4. The smallest absolute Gasteiger partial charge is 0.261 e. The number of hydrogen-bond donors (Lipinski definition) is 4. The van der Waals surface area contributed by atoms with Crippen LogP contribution in [0.15, 0.2) is 144 Å². The molecule has 1 heterocycles. The van der Waals surface area contributed by atoms with Gasteiger partial charge in [-0.3, -0.25) is 14.5 Å². The second-order valence-corrected chi connectivity index (χ2v) is 22.0. The highest BCUT2D eigenvalue weighted by molar-refractivity contribution is 6.99. The third-order valence-corrected chi connectivity index (χ3v) is 17.5. The van der Waals surface area contributed by atoms with E-state index in [-0.39, 0.29) is 35.6 Å². The number of aliphatic hydroxyl groups excluding tert-OH is 2. The molecule has 0 aromatic heterocycles. The maximum absolute atomic E-state index is 14.6. The SMILES string of the molecule is C/C(=C\c1cc(C)c(O)c(C)c1)CC[C@@H](O)C1=C(CO[Si](c2ccccc2)(c2ccccc2)C(C)(C)C)C[C@H]2C(=O)N(c3ccc(Nc4ccccc4)cc3)C(=O)[C@H]2[C@H]1CO. The Labute approximate surface area is 361 Å². The molecule has 2 amide bonds. The molecule has 0 radical (unpaired) electrons. The summed E-state index contributed by atoms with van der Waals surface area (Å²) in [6.45, 7) is 12.1. The van der Waals surface area contributed by atoms with Crippen molar-refractivity contribution in [1.82, 2.24) is 0 Å². The van der Waals surface area contributed by atoms with Crippen molar-refractivity contribution in [2.75, 3.05) is 23.4 Å². The first kappa shape index (κ1) is 43.5. The quantitative estimate of drug-likeness (QED) is 0.0501. The van der Waals surface area contributed by atoms with Crippen LogP contribution in [0.4, 0.5) is 17.1 Å². The molecule has 5 aromatic carbocycles. The first-order chi connectivity index (χ1) is 29.2. The van der Waals surface area contributed by atoms with E-state index in [1.54, 1.807) is 12.1 Å². The van der Waals surface area contributed by atoms with Crippen molar-refractivity contribution in [3.05, 3.63) is 161 Å². The van der Waals surface area contributed by atoms with Gasteiger partial charge >= 0.3 is 0 Å². The standard InChI is InChI=1S/C52H58N2O6Si/c1-34(28-37-29-35(2)49(57)36(3)30-37)22-27-46(56)47-38(33-60-61(52(4,5)6,42-18-12-8-13-19-42)43-20-14-9-15-21-43)31-44-48(45(47)32-55)51(59)54(50(44)58)41-25-23-40(24-26-41)53-39-16-10-7-11-17-39/h7-21,23-26,28-30,44-46,48,53,55-57H,22,27,31-33H2,1-6H3/b34-28+/t44-,45+,46-,48-/m1/s1. The number of aryl methyl sites for hydroxylation is 2. The summed E-state index contributed by atoms with van der Waals surface area (Å²) in [7, 11) is -3.06. The van der Waals surface area contributed by atoms with Gasteiger partial charge in [0.1, 0.15) is 5.75 Å². The van der Waals surface area contributed by atoms with Crippen LogP contribution in [0.25, 0.3) is 6.08 Å². The maximum atomic E-state index is 14.6. The number of carbonyl (C=O) groups is 2. The van der Waals surface area contributed by atoms with Gasteiger partial charge in [0.15, 0.2) is 0 Å². The predicted molar refractivity (Wildman–Crippen MR) is 248 cm³/mol. The average molecular weight is 835 g/mol. The van der Waals surface area contributed by atoms with Crippen LogP contribution in [-0.2, 0) is 14.0 Å². The molecule has 4 N–H and O–H groups in total. The molecule has 0 saturated carbocycles. The first-order valence-electron chi connectivity index (χ1n) is 21.3. The number of benzene rings is 5. The summed E-state index contributed by atoms with van der Waals surface area (Å²) in [6.07, 6.45) is 2.16. The Hall–Kier alpha value is -5.58. The highest BCUT2D eigenvalue weighted by Gasteiger charge is 2.56. The molecule has 316 valence electrons. The fraction of sp³-hybridized carbons (Fsp3) is 0.308. The minimum atomic E-state index is -3.06. The van der Waals surface area contributed by atoms with Gasteiger partial charge < -0.3 is 25.1 Å². The number of carbonyl (C=O) groups excluding carboxylic acids is 2. The zero-order chi connectivity index (χ0) is 43.5. The Morgan fingerprint density at radius 3 is 1.92 bits per heavy atom. The number of imide groups is 1. The van der Waals surface area contributed by atoms with Gasteiger partial charge in [-0.25, -0.2) is 0 Å². The third-order valence-electron chi connectivity index (χ3n) is 12.5. The van der Waals surface area contributed by atoms with Crippen LogP contribution in [0, 0.1) is 31.6 Å². The van der Waals surface area contributed by atoms with Crippen LogP contribution in [-0.4, -0.2) is 54.8 Å². The molecular formula is C52H58N2O6Si. The Kier molecular flexibility index (Phi) is 13.0. The maximum Gasteiger partial charge on any atom is 0.261 e. The molecule has 1 aliphatic heterocycles. The second kappa shape index (κ2) is 18.2. The molecule has 0 unspecified atom stereocenters. The third kappa shape index (κ3) is 8.79. The van der Waals surface area contributed by atoms with Crippen LogP contribution >= 0.6 is 0 Å². The molecule has 0 spiro atoms. The minimum absolute atomic E-state index is 0.127. The minimum Gasteiger partial charge on any atom is -0.507 e. The normalized spacial score (nSPS) is 19.0. The van der Waals surface area contributed by atoms with Gasteiger partial charge in [-0.15, -0.1) is 0 Å². The van der Waals surface area contributed by atoms with Crippen LogP contribution in [0.1, 0.15) is 63.6 Å². The lowest BCUT2D eigenvalue weighted by molar-refractivity contribution is -0.123. The van der Waals surface area contributed by atoms with Crippen molar-refractivity contribution in [2.24, 2.45) is 17.8 Å². The second-order valence-electron chi connectivity index (χ2n) is 17.7. The topological polar surface area (TPSA) is 119 Å². The summed E-state index contributed by atoms with van der Waals surface area (Å²) >= 11 is 0. The van der Waals surface area contributed by atoms with E-state index in [0.717, 1.165) is 49.6 Å². The number of rotatable bonds is 14. The molecule has 1 fully saturated rings. The zero-order valence-corrected chi connectivity index (χ0v) is 37.1. The largest absolute Gasteiger partial charge is 0.507 e. The summed E-state index contributed by atoms with van der Waals surface area (Å²) in [5.74, 6) is -2.77. The van der Waals surface area contributed by atoms with Gasteiger partial charge in [0, 0.05) is 17.3 Å². The molecule has 8 nitrogen and oxygen atoms in total. The van der Waals surface area contributed by atoms with Crippen molar-refractivity contribution >= 4 is 53.6 Å². The lowest BCUT2D eigenvalue weighted by Gasteiger charge is -2.44. The van der Waals surface area contributed by atoms with Crippen LogP contribution in [0.2, 0.25) is 5.04 Å². The van der Waals surface area contributed by atoms with E-state index in [4.69, 9.17) is 4.43 Å². The van der Waals surface area contributed by atoms with E-state index in [1.165, 1.54) is 4.90 Å². The lowest BCUT2D eigenvalue weighted by Crippen LogP contribution is -2.66. The number of allylic oxidation sites excluding steroid dienone is 1. The number of hydrogen-bond acceptors (Lipinski definition) is 7. The fourth-order valence-corrected chi connectivity index (χ4v) is 14.2. The van der Waals surface area contributed by atoms with Gasteiger partial charge in [-0.2, -0.15) is 0 Å². The summed E-state index contributed by atoms with van der Waals surface area (Å²) in [4.78, 5) is 30.4. The fourth-order valence-electron chi connectivity index (χ4n) is 9.63. The van der Waals surface area contributed by atoms with Crippen molar-refractivity contribution in [3.63, 3.8) is 0 Å².